The van der Waals surface area contributed by atoms with Gasteiger partial charge in [0.05, 0.1) is 0 Å². The molecule has 0 saturated heterocycles. The molecule has 0 bridgehead atoms. The van der Waals surface area contributed by atoms with Crippen LogP contribution in [0.25, 0.3) is 0 Å². The Balaban J connectivity index is 1.10. The molecular weight excluding hydrogens is 597 g/mol. The molecule has 0 aromatic heterocycles. The third-order valence-corrected chi connectivity index (χ3v) is 15.1. The number of carbonyl (C=O) groups excluding carboxylic acids is 1. The zero-order valence-electron chi connectivity index (χ0n) is 33.7. The summed E-state index contributed by atoms with van der Waals surface area (Å²) in [5.41, 5.74) is 3.91. The maximum absolute atomic E-state index is 12.8. The number of ether oxygens (including phenoxy) is 1. The van der Waals surface area contributed by atoms with E-state index in [9.17, 15) is 4.79 Å². The smallest absolute Gasteiger partial charge is 0.306 e. The highest BCUT2D eigenvalue weighted by Crippen LogP contribution is 2.67. The second-order valence-electron chi connectivity index (χ2n) is 18.7. The molecule has 0 radical (unpaired) electrons. The Bertz CT molecular complexity index is 1020. The molecule has 2 heteroatoms. The monoisotopic (exact) mass is 679 g/mol. The lowest BCUT2D eigenvalue weighted by atomic mass is 9.47. The second kappa shape index (κ2) is 20.3. The first kappa shape index (κ1) is 40.7. The molecular formula is C47H82O2. The average molecular weight is 679 g/mol. The van der Waals surface area contributed by atoms with Gasteiger partial charge in [-0.25, -0.2) is 0 Å². The topological polar surface area (TPSA) is 26.3 Å². The van der Waals surface area contributed by atoms with Crippen LogP contribution >= 0.6 is 0 Å². The Morgan fingerprint density at radius 2 is 1.37 bits per heavy atom. The van der Waals surface area contributed by atoms with E-state index in [0.29, 0.717) is 23.2 Å². The zero-order valence-corrected chi connectivity index (χ0v) is 33.7. The van der Waals surface area contributed by atoms with Gasteiger partial charge in [0.1, 0.15) is 6.10 Å². The lowest BCUT2D eigenvalue weighted by Gasteiger charge is -2.58. The van der Waals surface area contributed by atoms with Crippen molar-refractivity contribution in [2.45, 2.75) is 221 Å². The first-order chi connectivity index (χ1) is 23.6. The summed E-state index contributed by atoms with van der Waals surface area (Å²) in [7, 11) is 0. The SMILES string of the molecule is C=C(CC[C@@H](C)[C@H]1CC[C@H]2[C@@H]3CC=C4C[C@@H](OC(=O)CCCCCCCCCCCCCCCCCC)CC[C@]4(C)[C@H]3CC[C@]12C)C(C)C. The van der Waals surface area contributed by atoms with E-state index in [2.05, 4.69) is 54.2 Å². The molecule has 0 spiro atoms. The van der Waals surface area contributed by atoms with Crippen molar-refractivity contribution in [2.24, 2.45) is 46.3 Å². The molecule has 0 aromatic rings. The molecule has 4 rings (SSSR count). The van der Waals surface area contributed by atoms with Crippen LogP contribution in [0.15, 0.2) is 23.8 Å². The maximum atomic E-state index is 12.8. The molecule has 0 amide bonds. The van der Waals surface area contributed by atoms with E-state index in [4.69, 9.17) is 4.74 Å². The van der Waals surface area contributed by atoms with Crippen LogP contribution in [0.2, 0.25) is 0 Å². The molecule has 0 aromatic carbocycles. The summed E-state index contributed by atoms with van der Waals surface area (Å²) in [5, 5.41) is 0. The molecule has 3 fully saturated rings. The van der Waals surface area contributed by atoms with Gasteiger partial charge in [0.25, 0.3) is 0 Å². The van der Waals surface area contributed by atoms with Crippen molar-refractivity contribution in [3.05, 3.63) is 23.8 Å². The number of fused-ring (bicyclic) bond motifs is 5. The molecule has 0 N–H and O–H groups in total. The summed E-state index contributed by atoms with van der Waals surface area (Å²) in [4.78, 5) is 12.8. The predicted molar refractivity (Wildman–Crippen MR) is 212 cm³/mol. The van der Waals surface area contributed by atoms with Crippen LogP contribution in [0, 0.1) is 46.3 Å². The zero-order chi connectivity index (χ0) is 35.3. The van der Waals surface area contributed by atoms with Gasteiger partial charge in [-0.05, 0) is 111 Å². The molecule has 8 atom stereocenters. The second-order valence-corrected chi connectivity index (χ2v) is 18.7. The van der Waals surface area contributed by atoms with Gasteiger partial charge < -0.3 is 4.74 Å². The van der Waals surface area contributed by atoms with Crippen molar-refractivity contribution >= 4 is 5.97 Å². The summed E-state index contributed by atoms with van der Waals surface area (Å²) in [6.45, 7) is 19.1. The third kappa shape index (κ3) is 11.2. The maximum Gasteiger partial charge on any atom is 0.306 e. The molecule has 4 aliphatic carbocycles. The first-order valence-electron chi connectivity index (χ1n) is 22.2. The summed E-state index contributed by atoms with van der Waals surface area (Å²) in [6, 6.07) is 0. The van der Waals surface area contributed by atoms with Gasteiger partial charge in [0, 0.05) is 12.8 Å². The lowest BCUT2D eigenvalue weighted by Crippen LogP contribution is -2.51. The number of rotatable bonds is 23. The van der Waals surface area contributed by atoms with Crippen LogP contribution in [0.3, 0.4) is 0 Å². The Morgan fingerprint density at radius 3 is 1.96 bits per heavy atom. The van der Waals surface area contributed by atoms with Gasteiger partial charge >= 0.3 is 5.97 Å². The first-order valence-corrected chi connectivity index (χ1v) is 22.2. The normalized spacial score (nSPS) is 31.5. The van der Waals surface area contributed by atoms with Gasteiger partial charge in [0.2, 0.25) is 0 Å². The molecule has 4 aliphatic rings. The van der Waals surface area contributed by atoms with Crippen LogP contribution in [0.1, 0.15) is 215 Å². The van der Waals surface area contributed by atoms with E-state index >= 15 is 0 Å². The molecule has 282 valence electrons. The van der Waals surface area contributed by atoms with E-state index in [1.807, 2.05) is 0 Å². The number of esters is 1. The molecule has 0 unspecified atom stereocenters. The summed E-state index contributed by atoms with van der Waals surface area (Å²) < 4.78 is 6.14. The van der Waals surface area contributed by atoms with Gasteiger partial charge in [0.15, 0.2) is 0 Å². The third-order valence-electron chi connectivity index (χ3n) is 15.1. The fraction of sp³-hybridized carbons (Fsp3) is 0.894. The van der Waals surface area contributed by atoms with Crippen LogP contribution in [-0.2, 0) is 9.53 Å². The molecule has 0 heterocycles. The minimum atomic E-state index is 0.0600. The Labute approximate surface area is 305 Å². The number of hydrogen-bond acceptors (Lipinski definition) is 2. The average Bonchev–Trinajstić information content (AvgIpc) is 3.44. The Hall–Kier alpha value is -1.05. The van der Waals surface area contributed by atoms with Crippen LogP contribution in [-0.4, -0.2) is 12.1 Å². The quantitative estimate of drug-likeness (QED) is 0.0611. The number of unbranched alkanes of at least 4 members (excludes halogenated alkanes) is 15. The van der Waals surface area contributed by atoms with Gasteiger partial charge in [-0.3, -0.25) is 4.79 Å². The standard InChI is InChI=1S/C47H82O2/c1-8-9-10-11-12-13-14-15-16-17-18-19-20-21-22-23-24-45(48)49-40-31-33-46(6)39(35-40)27-28-41-43-30-29-42(47(43,7)34-32-44(41)46)38(5)26-25-37(4)36(2)3/h27,36,38,40-44H,4,8-26,28-35H2,1-3,5-7H3/t38-,40+,41+,42-,43+,44+,46+,47-/m1/s1. The minimum absolute atomic E-state index is 0.0600. The largest absolute Gasteiger partial charge is 0.462 e. The highest BCUT2D eigenvalue weighted by molar-refractivity contribution is 5.69. The fourth-order valence-electron chi connectivity index (χ4n) is 11.7. The lowest BCUT2D eigenvalue weighted by molar-refractivity contribution is -0.151. The van der Waals surface area contributed by atoms with Crippen molar-refractivity contribution in [1.82, 2.24) is 0 Å². The molecule has 0 aliphatic heterocycles. The van der Waals surface area contributed by atoms with Crippen molar-refractivity contribution < 1.29 is 9.53 Å². The van der Waals surface area contributed by atoms with Crippen LogP contribution in [0.4, 0.5) is 0 Å². The van der Waals surface area contributed by atoms with Gasteiger partial charge in [-0.15, -0.1) is 0 Å². The van der Waals surface area contributed by atoms with Crippen LogP contribution < -0.4 is 0 Å². The molecule has 49 heavy (non-hydrogen) atoms. The highest BCUT2D eigenvalue weighted by Gasteiger charge is 2.59. The van der Waals surface area contributed by atoms with Crippen molar-refractivity contribution in [2.75, 3.05) is 0 Å². The summed E-state index contributed by atoms with van der Waals surface area (Å²) in [6.07, 6.45) is 37.9. The van der Waals surface area contributed by atoms with E-state index in [1.165, 1.54) is 153 Å². The number of hydrogen-bond donors (Lipinski definition) is 0. The fourth-order valence-corrected chi connectivity index (χ4v) is 11.7. The van der Waals surface area contributed by atoms with Gasteiger partial charge in [-0.1, -0.05) is 162 Å². The Kier molecular flexibility index (Phi) is 16.8. The van der Waals surface area contributed by atoms with E-state index < -0.39 is 0 Å². The minimum Gasteiger partial charge on any atom is -0.462 e. The highest BCUT2D eigenvalue weighted by atomic mass is 16.5. The number of carbonyl (C=O) groups is 1. The van der Waals surface area contributed by atoms with E-state index in [-0.39, 0.29) is 12.1 Å². The van der Waals surface area contributed by atoms with Crippen molar-refractivity contribution in [3.8, 4) is 0 Å². The molecule has 3 saturated carbocycles. The van der Waals surface area contributed by atoms with Gasteiger partial charge in [-0.2, -0.15) is 0 Å². The van der Waals surface area contributed by atoms with Crippen molar-refractivity contribution in [3.63, 3.8) is 0 Å². The van der Waals surface area contributed by atoms with Crippen molar-refractivity contribution in [1.29, 1.82) is 0 Å². The summed E-state index contributed by atoms with van der Waals surface area (Å²) >= 11 is 0. The Morgan fingerprint density at radius 1 is 0.776 bits per heavy atom. The van der Waals surface area contributed by atoms with E-state index in [1.54, 1.807) is 5.57 Å². The number of allylic oxidation sites excluding steroid dienone is 2. The summed E-state index contributed by atoms with van der Waals surface area (Å²) in [5.74, 6) is 4.91. The predicted octanol–water partition coefficient (Wildman–Crippen LogP) is 14.8. The van der Waals surface area contributed by atoms with E-state index in [0.717, 1.165) is 48.9 Å². The molecule has 2 nitrogen and oxygen atoms in total. The van der Waals surface area contributed by atoms with Crippen LogP contribution in [0.5, 0.6) is 0 Å².